The predicted molar refractivity (Wildman–Crippen MR) is 193 cm³/mol. The molecule has 0 atom stereocenters. The lowest BCUT2D eigenvalue weighted by atomic mass is 9.86. The smallest absolute Gasteiger partial charge is 0.0715 e. The highest BCUT2D eigenvalue weighted by Crippen LogP contribution is 2.50. The molecule has 0 aliphatic heterocycles. The summed E-state index contributed by atoms with van der Waals surface area (Å²) in [6.45, 7) is 0. The molecule has 0 radical (unpaired) electrons. The topological polar surface area (TPSA) is 12.9 Å². The number of hydrogen-bond acceptors (Lipinski definition) is 1. The molecule has 1 aliphatic rings. The molecule has 9 rings (SSSR count). The summed E-state index contributed by atoms with van der Waals surface area (Å²) in [7, 11) is 0. The molecule has 7 aromatic carbocycles. The fourth-order valence-electron chi connectivity index (χ4n) is 7.17. The zero-order valence-corrected chi connectivity index (χ0v) is 25.2. The first-order valence-corrected chi connectivity index (χ1v) is 15.8. The Morgan fingerprint density at radius 3 is 1.22 bits per heavy atom. The lowest BCUT2D eigenvalue weighted by Gasteiger charge is -2.18. The van der Waals surface area contributed by atoms with Gasteiger partial charge in [0.1, 0.15) is 0 Å². The van der Waals surface area contributed by atoms with E-state index in [1.54, 1.807) is 0 Å². The van der Waals surface area contributed by atoms with Gasteiger partial charge in [0.15, 0.2) is 0 Å². The van der Waals surface area contributed by atoms with E-state index < -0.39 is 0 Å². The van der Waals surface area contributed by atoms with E-state index in [0.717, 1.165) is 28.1 Å². The van der Waals surface area contributed by atoms with E-state index in [1.165, 1.54) is 60.8 Å². The Morgan fingerprint density at radius 1 is 0.261 bits per heavy atom. The number of fused-ring (bicyclic) bond motifs is 3. The van der Waals surface area contributed by atoms with Crippen molar-refractivity contribution in [3.05, 3.63) is 176 Å². The molecule has 0 unspecified atom stereocenters. The Bertz CT molecular complexity index is 2320. The number of aromatic nitrogens is 1. The second-order valence-corrected chi connectivity index (χ2v) is 11.9. The fourth-order valence-corrected chi connectivity index (χ4v) is 7.17. The molecule has 1 heterocycles. The standard InChI is InChI=1S/C45H29N/c1-3-14-30(15-4-1)43-28-32(29-44(46-43)31-16-5-2-6-17-31)33-18-7-8-19-34(33)35-20-9-10-21-36(35)39-26-27-42-38-23-12-11-22-37(38)40-24-13-25-41(39)45(40)42/h1-29H. The summed E-state index contributed by atoms with van der Waals surface area (Å²) in [6, 6.07) is 63.2. The quantitative estimate of drug-likeness (QED) is 0.196. The molecule has 0 saturated carbocycles. The van der Waals surface area contributed by atoms with Crippen molar-refractivity contribution in [2.24, 2.45) is 0 Å². The minimum atomic E-state index is 0.965. The van der Waals surface area contributed by atoms with E-state index in [0.29, 0.717) is 0 Å². The fraction of sp³-hybridized carbons (Fsp3) is 0. The summed E-state index contributed by atoms with van der Waals surface area (Å²) >= 11 is 0. The van der Waals surface area contributed by atoms with Gasteiger partial charge in [-0.2, -0.15) is 0 Å². The van der Waals surface area contributed by atoms with E-state index in [1.807, 2.05) is 0 Å². The Labute approximate surface area is 269 Å². The van der Waals surface area contributed by atoms with Gasteiger partial charge in [-0.05, 0) is 78.5 Å². The molecule has 0 N–H and O–H groups in total. The van der Waals surface area contributed by atoms with Gasteiger partial charge in [0.05, 0.1) is 11.4 Å². The van der Waals surface area contributed by atoms with Crippen molar-refractivity contribution in [3.8, 4) is 78.1 Å². The van der Waals surface area contributed by atoms with Gasteiger partial charge in [0, 0.05) is 11.1 Å². The third-order valence-electron chi connectivity index (χ3n) is 9.26. The Hall–Kier alpha value is -6.05. The monoisotopic (exact) mass is 583 g/mol. The van der Waals surface area contributed by atoms with Gasteiger partial charge in [-0.1, -0.05) is 164 Å². The van der Waals surface area contributed by atoms with Gasteiger partial charge < -0.3 is 0 Å². The third-order valence-corrected chi connectivity index (χ3v) is 9.26. The number of benzene rings is 7. The maximum absolute atomic E-state index is 5.14. The highest BCUT2D eigenvalue weighted by molar-refractivity contribution is 6.19. The van der Waals surface area contributed by atoms with Gasteiger partial charge in [-0.15, -0.1) is 0 Å². The van der Waals surface area contributed by atoms with Crippen molar-refractivity contribution in [3.63, 3.8) is 0 Å². The van der Waals surface area contributed by atoms with Crippen LogP contribution in [0.3, 0.4) is 0 Å². The van der Waals surface area contributed by atoms with Crippen LogP contribution in [-0.2, 0) is 0 Å². The van der Waals surface area contributed by atoms with Gasteiger partial charge in [0.25, 0.3) is 0 Å². The van der Waals surface area contributed by atoms with Crippen molar-refractivity contribution in [2.75, 3.05) is 0 Å². The van der Waals surface area contributed by atoms with Crippen molar-refractivity contribution >= 4 is 10.8 Å². The zero-order valence-electron chi connectivity index (χ0n) is 25.2. The van der Waals surface area contributed by atoms with E-state index in [-0.39, 0.29) is 0 Å². The molecular weight excluding hydrogens is 555 g/mol. The first kappa shape index (κ1) is 26.4. The van der Waals surface area contributed by atoms with Crippen LogP contribution in [0.4, 0.5) is 0 Å². The maximum atomic E-state index is 5.14. The normalized spacial score (nSPS) is 11.5. The Morgan fingerprint density at radius 2 is 0.652 bits per heavy atom. The number of rotatable bonds is 5. The van der Waals surface area contributed by atoms with Crippen molar-refractivity contribution in [2.45, 2.75) is 0 Å². The summed E-state index contributed by atoms with van der Waals surface area (Å²) in [6.07, 6.45) is 0. The largest absolute Gasteiger partial charge is 0.248 e. The number of pyridine rings is 1. The van der Waals surface area contributed by atoms with Crippen LogP contribution in [0.15, 0.2) is 176 Å². The highest BCUT2D eigenvalue weighted by Gasteiger charge is 2.23. The van der Waals surface area contributed by atoms with E-state index in [4.69, 9.17) is 4.98 Å². The van der Waals surface area contributed by atoms with Gasteiger partial charge in [-0.3, -0.25) is 0 Å². The number of hydrogen-bond donors (Lipinski definition) is 0. The summed E-state index contributed by atoms with van der Waals surface area (Å²) in [5.41, 5.74) is 16.7. The predicted octanol–water partition coefficient (Wildman–Crippen LogP) is 12.2. The summed E-state index contributed by atoms with van der Waals surface area (Å²) in [4.78, 5) is 5.14. The zero-order chi connectivity index (χ0) is 30.5. The van der Waals surface area contributed by atoms with E-state index in [9.17, 15) is 0 Å². The highest BCUT2D eigenvalue weighted by atomic mass is 14.7. The molecule has 8 aromatic rings. The van der Waals surface area contributed by atoms with Crippen LogP contribution in [0.25, 0.3) is 88.9 Å². The maximum Gasteiger partial charge on any atom is 0.0715 e. The molecule has 1 aromatic heterocycles. The molecule has 1 nitrogen and oxygen atoms in total. The van der Waals surface area contributed by atoms with Crippen molar-refractivity contribution < 1.29 is 0 Å². The van der Waals surface area contributed by atoms with Crippen LogP contribution >= 0.6 is 0 Å². The van der Waals surface area contributed by atoms with E-state index >= 15 is 0 Å². The average Bonchev–Trinajstić information content (AvgIpc) is 3.47. The van der Waals surface area contributed by atoms with E-state index in [2.05, 4.69) is 176 Å². The molecule has 46 heavy (non-hydrogen) atoms. The molecule has 0 amide bonds. The molecule has 1 heteroatoms. The minimum Gasteiger partial charge on any atom is -0.248 e. The van der Waals surface area contributed by atoms with Crippen LogP contribution in [0, 0.1) is 0 Å². The average molecular weight is 584 g/mol. The Balaban J connectivity index is 1.25. The second kappa shape index (κ2) is 10.8. The molecule has 0 spiro atoms. The lowest BCUT2D eigenvalue weighted by molar-refractivity contribution is 1.32. The SMILES string of the molecule is c1ccc(-c2cc(-c3ccccc3-c3ccccc3-c3ccc4c5c(cccc35)-c3ccccc3-4)cc(-c3ccccc3)n2)cc1. The molecule has 0 fully saturated rings. The van der Waals surface area contributed by atoms with Gasteiger partial charge in [0.2, 0.25) is 0 Å². The van der Waals surface area contributed by atoms with Crippen LogP contribution in [0.5, 0.6) is 0 Å². The van der Waals surface area contributed by atoms with Crippen molar-refractivity contribution in [1.82, 2.24) is 4.98 Å². The first-order valence-electron chi connectivity index (χ1n) is 15.8. The number of nitrogens with zero attached hydrogens (tertiary/aromatic N) is 1. The molecule has 0 bridgehead atoms. The first-order chi connectivity index (χ1) is 22.8. The van der Waals surface area contributed by atoms with Crippen LogP contribution < -0.4 is 0 Å². The molecule has 1 aliphatic carbocycles. The summed E-state index contributed by atoms with van der Waals surface area (Å²) < 4.78 is 0. The minimum absolute atomic E-state index is 0.965. The molecule has 0 saturated heterocycles. The molecular formula is C45H29N. The van der Waals surface area contributed by atoms with Crippen molar-refractivity contribution in [1.29, 1.82) is 0 Å². The Kier molecular flexibility index (Phi) is 6.21. The summed E-state index contributed by atoms with van der Waals surface area (Å²) in [5.74, 6) is 0. The van der Waals surface area contributed by atoms with Crippen LogP contribution in [0.1, 0.15) is 0 Å². The van der Waals surface area contributed by atoms with Crippen LogP contribution in [-0.4, -0.2) is 4.98 Å². The lowest BCUT2D eigenvalue weighted by Crippen LogP contribution is -1.93. The molecule has 214 valence electrons. The van der Waals surface area contributed by atoms with Gasteiger partial charge in [-0.25, -0.2) is 4.98 Å². The second-order valence-electron chi connectivity index (χ2n) is 11.9. The van der Waals surface area contributed by atoms with Crippen LogP contribution in [0.2, 0.25) is 0 Å². The summed E-state index contributed by atoms with van der Waals surface area (Å²) in [5, 5.41) is 2.64. The third kappa shape index (κ3) is 4.29. The van der Waals surface area contributed by atoms with Gasteiger partial charge >= 0.3 is 0 Å².